The van der Waals surface area contributed by atoms with E-state index in [1.165, 1.54) is 25.7 Å². The SMILES string of the molecule is O=C(NCC1CCCC(O)C1)C1CCCCCC1. The van der Waals surface area contributed by atoms with Crippen LogP contribution >= 0.6 is 0 Å². The van der Waals surface area contributed by atoms with E-state index in [1.807, 2.05) is 0 Å². The number of hydrogen-bond donors (Lipinski definition) is 2. The zero-order chi connectivity index (χ0) is 12.8. The number of aliphatic hydroxyl groups excluding tert-OH is 1. The van der Waals surface area contributed by atoms with Crippen LogP contribution in [-0.2, 0) is 4.79 Å². The van der Waals surface area contributed by atoms with Crippen molar-refractivity contribution >= 4 is 5.91 Å². The smallest absolute Gasteiger partial charge is 0.223 e. The number of hydrogen-bond acceptors (Lipinski definition) is 2. The third kappa shape index (κ3) is 4.27. The second-order valence-electron chi connectivity index (χ2n) is 6.12. The summed E-state index contributed by atoms with van der Waals surface area (Å²) in [5, 5.41) is 12.7. The van der Waals surface area contributed by atoms with Crippen LogP contribution < -0.4 is 5.32 Å². The summed E-state index contributed by atoms with van der Waals surface area (Å²) in [6, 6.07) is 0. The molecule has 0 radical (unpaired) electrons. The molecular weight excluding hydrogens is 226 g/mol. The van der Waals surface area contributed by atoms with Gasteiger partial charge in [0.05, 0.1) is 6.10 Å². The van der Waals surface area contributed by atoms with Crippen LogP contribution in [0.5, 0.6) is 0 Å². The molecule has 2 saturated carbocycles. The molecule has 1 amide bonds. The minimum atomic E-state index is -0.140. The first-order valence-electron chi connectivity index (χ1n) is 7.71. The molecule has 2 atom stereocenters. The largest absolute Gasteiger partial charge is 0.393 e. The Hall–Kier alpha value is -0.570. The highest BCUT2D eigenvalue weighted by atomic mass is 16.3. The Morgan fingerprint density at radius 3 is 2.39 bits per heavy atom. The summed E-state index contributed by atoms with van der Waals surface area (Å²) in [6.45, 7) is 0.770. The van der Waals surface area contributed by atoms with Crippen molar-refractivity contribution in [2.75, 3.05) is 6.54 Å². The van der Waals surface area contributed by atoms with Crippen molar-refractivity contribution in [1.29, 1.82) is 0 Å². The molecule has 0 saturated heterocycles. The van der Waals surface area contributed by atoms with E-state index < -0.39 is 0 Å². The number of carbonyl (C=O) groups excluding carboxylic acids is 1. The molecule has 2 aliphatic carbocycles. The molecule has 0 spiro atoms. The van der Waals surface area contributed by atoms with Crippen LogP contribution in [-0.4, -0.2) is 23.7 Å². The predicted octanol–water partition coefficient (Wildman–Crippen LogP) is 2.62. The van der Waals surface area contributed by atoms with Crippen LogP contribution in [0.1, 0.15) is 64.2 Å². The summed E-state index contributed by atoms with van der Waals surface area (Å²) in [5.41, 5.74) is 0. The molecule has 2 N–H and O–H groups in total. The van der Waals surface area contributed by atoms with Crippen molar-refractivity contribution in [2.45, 2.75) is 70.3 Å². The van der Waals surface area contributed by atoms with Crippen LogP contribution in [0.15, 0.2) is 0 Å². The highest BCUT2D eigenvalue weighted by molar-refractivity contribution is 5.78. The highest BCUT2D eigenvalue weighted by Crippen LogP contribution is 2.25. The van der Waals surface area contributed by atoms with Crippen molar-refractivity contribution in [3.8, 4) is 0 Å². The number of nitrogens with one attached hydrogen (secondary N) is 1. The van der Waals surface area contributed by atoms with Crippen molar-refractivity contribution < 1.29 is 9.90 Å². The molecular formula is C15H27NO2. The van der Waals surface area contributed by atoms with Crippen LogP contribution in [0.2, 0.25) is 0 Å². The molecule has 0 bridgehead atoms. The molecule has 2 unspecified atom stereocenters. The van der Waals surface area contributed by atoms with E-state index in [1.54, 1.807) is 0 Å². The molecule has 0 aromatic carbocycles. The molecule has 0 aromatic rings. The van der Waals surface area contributed by atoms with E-state index in [-0.39, 0.29) is 17.9 Å². The van der Waals surface area contributed by atoms with Crippen LogP contribution in [0.25, 0.3) is 0 Å². The number of aliphatic hydroxyl groups is 1. The third-order valence-electron chi connectivity index (χ3n) is 4.55. The molecule has 18 heavy (non-hydrogen) atoms. The van der Waals surface area contributed by atoms with Crippen molar-refractivity contribution in [3.05, 3.63) is 0 Å². The Bertz CT molecular complexity index is 259. The Labute approximate surface area is 110 Å². The minimum Gasteiger partial charge on any atom is -0.393 e. The Kier molecular flexibility index (Phi) is 5.48. The molecule has 0 aliphatic heterocycles. The van der Waals surface area contributed by atoms with E-state index >= 15 is 0 Å². The zero-order valence-corrected chi connectivity index (χ0v) is 11.4. The Balaban J connectivity index is 1.70. The molecule has 2 rings (SSSR count). The van der Waals surface area contributed by atoms with Crippen LogP contribution in [0, 0.1) is 11.8 Å². The monoisotopic (exact) mass is 253 g/mol. The Morgan fingerprint density at radius 2 is 1.72 bits per heavy atom. The third-order valence-corrected chi connectivity index (χ3v) is 4.55. The first-order chi connectivity index (χ1) is 8.75. The van der Waals surface area contributed by atoms with Gasteiger partial charge in [0.1, 0.15) is 0 Å². The van der Waals surface area contributed by atoms with Gasteiger partial charge in [0, 0.05) is 12.5 Å². The van der Waals surface area contributed by atoms with Gasteiger partial charge >= 0.3 is 0 Å². The fourth-order valence-corrected chi connectivity index (χ4v) is 3.38. The predicted molar refractivity (Wildman–Crippen MR) is 72.2 cm³/mol. The van der Waals surface area contributed by atoms with Gasteiger partial charge in [0.25, 0.3) is 0 Å². The van der Waals surface area contributed by atoms with Gasteiger partial charge in [-0.25, -0.2) is 0 Å². The summed E-state index contributed by atoms with van der Waals surface area (Å²) in [5.74, 6) is 1.00. The number of carbonyl (C=O) groups is 1. The van der Waals surface area contributed by atoms with Gasteiger partial charge < -0.3 is 10.4 Å². The topological polar surface area (TPSA) is 49.3 Å². The molecule has 2 aliphatic rings. The second kappa shape index (κ2) is 7.13. The maximum atomic E-state index is 12.1. The Morgan fingerprint density at radius 1 is 1.00 bits per heavy atom. The van der Waals surface area contributed by atoms with Crippen LogP contribution in [0.4, 0.5) is 0 Å². The number of rotatable bonds is 3. The van der Waals surface area contributed by atoms with Crippen molar-refractivity contribution in [1.82, 2.24) is 5.32 Å². The van der Waals surface area contributed by atoms with Gasteiger partial charge in [-0.2, -0.15) is 0 Å². The van der Waals surface area contributed by atoms with E-state index in [2.05, 4.69) is 5.32 Å². The number of amides is 1. The fraction of sp³-hybridized carbons (Fsp3) is 0.933. The highest BCUT2D eigenvalue weighted by Gasteiger charge is 2.23. The maximum absolute atomic E-state index is 12.1. The van der Waals surface area contributed by atoms with Gasteiger partial charge in [-0.3, -0.25) is 4.79 Å². The lowest BCUT2D eigenvalue weighted by Crippen LogP contribution is -2.36. The first kappa shape index (κ1) is 13.9. The van der Waals surface area contributed by atoms with Gasteiger partial charge in [0.15, 0.2) is 0 Å². The lowest BCUT2D eigenvalue weighted by atomic mass is 9.87. The van der Waals surface area contributed by atoms with E-state index in [0.29, 0.717) is 5.92 Å². The lowest BCUT2D eigenvalue weighted by Gasteiger charge is -2.26. The van der Waals surface area contributed by atoms with E-state index in [0.717, 1.165) is 45.1 Å². The minimum absolute atomic E-state index is 0.140. The first-order valence-corrected chi connectivity index (χ1v) is 7.71. The van der Waals surface area contributed by atoms with Crippen molar-refractivity contribution in [3.63, 3.8) is 0 Å². The second-order valence-corrected chi connectivity index (χ2v) is 6.12. The summed E-state index contributed by atoms with van der Waals surface area (Å²) in [4.78, 5) is 12.1. The maximum Gasteiger partial charge on any atom is 0.223 e. The van der Waals surface area contributed by atoms with Crippen LogP contribution in [0.3, 0.4) is 0 Å². The molecule has 2 fully saturated rings. The van der Waals surface area contributed by atoms with E-state index in [9.17, 15) is 9.90 Å². The lowest BCUT2D eigenvalue weighted by molar-refractivity contribution is -0.125. The molecule has 104 valence electrons. The summed E-state index contributed by atoms with van der Waals surface area (Å²) in [6.07, 6.45) is 11.1. The molecule has 0 aromatic heterocycles. The van der Waals surface area contributed by atoms with Gasteiger partial charge in [-0.05, 0) is 38.0 Å². The summed E-state index contributed by atoms with van der Waals surface area (Å²) < 4.78 is 0. The van der Waals surface area contributed by atoms with Crippen molar-refractivity contribution in [2.24, 2.45) is 11.8 Å². The van der Waals surface area contributed by atoms with Gasteiger partial charge in [-0.1, -0.05) is 32.1 Å². The van der Waals surface area contributed by atoms with Gasteiger partial charge in [-0.15, -0.1) is 0 Å². The van der Waals surface area contributed by atoms with E-state index in [4.69, 9.17) is 0 Å². The molecule has 3 nitrogen and oxygen atoms in total. The zero-order valence-electron chi connectivity index (χ0n) is 11.4. The normalized spacial score (nSPS) is 30.7. The summed E-state index contributed by atoms with van der Waals surface area (Å²) in [7, 11) is 0. The average molecular weight is 253 g/mol. The average Bonchev–Trinajstić information content (AvgIpc) is 2.65. The molecule has 0 heterocycles. The quantitative estimate of drug-likeness (QED) is 0.760. The standard InChI is InChI=1S/C15H27NO2/c17-14-9-5-6-12(10-14)11-16-15(18)13-7-3-1-2-4-8-13/h12-14,17H,1-11H2,(H,16,18). The summed E-state index contributed by atoms with van der Waals surface area (Å²) >= 11 is 0. The van der Waals surface area contributed by atoms with Gasteiger partial charge in [0.2, 0.25) is 5.91 Å². The molecule has 3 heteroatoms. The fourth-order valence-electron chi connectivity index (χ4n) is 3.38.